The van der Waals surface area contributed by atoms with Gasteiger partial charge in [-0.1, -0.05) is 25.8 Å². The van der Waals surface area contributed by atoms with Crippen LogP contribution in [0.4, 0.5) is 4.79 Å². The molecule has 0 saturated carbocycles. The fourth-order valence-electron chi connectivity index (χ4n) is 3.72. The standard InChI is InChI=1S/C23H31N3O3/c1-3-15-29-21-9-8-18(16-22(21)28-2)17-25-23(27)26-14-6-4-5-7-20(26)19-10-12-24-13-11-19/h8-13,16,20H,3-7,14-15,17H2,1-2H3,(H,25,27). The first-order chi connectivity index (χ1) is 14.2. The number of nitrogens with zero attached hydrogens (tertiary/aromatic N) is 2. The molecule has 0 aliphatic carbocycles. The Hall–Kier alpha value is -2.76. The van der Waals surface area contributed by atoms with E-state index in [-0.39, 0.29) is 12.1 Å². The first kappa shape index (κ1) is 21.0. The van der Waals surface area contributed by atoms with E-state index in [4.69, 9.17) is 9.47 Å². The lowest BCUT2D eigenvalue weighted by Gasteiger charge is -2.30. The average Bonchev–Trinajstić information content (AvgIpc) is 3.03. The van der Waals surface area contributed by atoms with Crippen molar-refractivity contribution in [2.24, 2.45) is 0 Å². The molecule has 1 N–H and O–H groups in total. The van der Waals surface area contributed by atoms with Crippen molar-refractivity contribution < 1.29 is 14.3 Å². The minimum Gasteiger partial charge on any atom is -0.493 e. The van der Waals surface area contributed by atoms with E-state index in [0.29, 0.717) is 18.9 Å². The first-order valence-corrected chi connectivity index (χ1v) is 10.5. The van der Waals surface area contributed by atoms with E-state index in [2.05, 4.69) is 17.2 Å². The molecule has 1 aliphatic rings. The molecule has 2 heterocycles. The number of nitrogens with one attached hydrogen (secondary N) is 1. The number of urea groups is 1. The van der Waals surface area contributed by atoms with Crippen molar-refractivity contribution in [1.82, 2.24) is 15.2 Å². The van der Waals surface area contributed by atoms with Crippen LogP contribution in [0.3, 0.4) is 0 Å². The summed E-state index contributed by atoms with van der Waals surface area (Å²) in [6, 6.07) is 9.89. The highest BCUT2D eigenvalue weighted by molar-refractivity contribution is 5.75. The fraction of sp³-hybridized carbons (Fsp3) is 0.478. The molecule has 1 atom stereocenters. The molecule has 1 aromatic heterocycles. The van der Waals surface area contributed by atoms with E-state index in [1.807, 2.05) is 35.2 Å². The van der Waals surface area contributed by atoms with Crippen LogP contribution in [0.25, 0.3) is 0 Å². The quantitative estimate of drug-likeness (QED) is 0.735. The Morgan fingerprint density at radius 1 is 1.17 bits per heavy atom. The maximum atomic E-state index is 13.0. The van der Waals surface area contributed by atoms with Crippen LogP contribution in [0, 0.1) is 0 Å². The highest BCUT2D eigenvalue weighted by atomic mass is 16.5. The number of ether oxygens (including phenoxy) is 2. The molecular formula is C23H31N3O3. The molecule has 3 rings (SSSR count). The van der Waals surface area contributed by atoms with Gasteiger partial charge in [-0.15, -0.1) is 0 Å². The zero-order valence-corrected chi connectivity index (χ0v) is 17.4. The van der Waals surface area contributed by atoms with E-state index in [0.717, 1.165) is 55.5 Å². The van der Waals surface area contributed by atoms with Gasteiger partial charge >= 0.3 is 6.03 Å². The second-order valence-corrected chi connectivity index (χ2v) is 7.33. The number of carbonyl (C=O) groups excluding carboxylic acids is 1. The summed E-state index contributed by atoms with van der Waals surface area (Å²) in [5.74, 6) is 1.42. The Labute approximate surface area is 173 Å². The Kier molecular flexibility index (Phi) is 7.73. The maximum absolute atomic E-state index is 13.0. The number of hydrogen-bond acceptors (Lipinski definition) is 4. The van der Waals surface area contributed by atoms with E-state index in [1.165, 1.54) is 0 Å². The lowest BCUT2D eigenvalue weighted by molar-refractivity contribution is 0.175. The van der Waals surface area contributed by atoms with Gasteiger partial charge in [0.15, 0.2) is 11.5 Å². The van der Waals surface area contributed by atoms with Gasteiger partial charge in [-0.3, -0.25) is 4.98 Å². The van der Waals surface area contributed by atoms with Crippen molar-refractivity contribution in [1.29, 1.82) is 0 Å². The lowest BCUT2D eigenvalue weighted by atomic mass is 10.0. The van der Waals surface area contributed by atoms with Crippen LogP contribution < -0.4 is 14.8 Å². The number of likely N-dealkylation sites (tertiary alicyclic amines) is 1. The minimum absolute atomic E-state index is 0.0287. The van der Waals surface area contributed by atoms with E-state index in [9.17, 15) is 4.79 Å². The molecule has 6 heteroatoms. The first-order valence-electron chi connectivity index (χ1n) is 10.5. The van der Waals surface area contributed by atoms with Gasteiger partial charge in [0.2, 0.25) is 0 Å². The topological polar surface area (TPSA) is 63.7 Å². The van der Waals surface area contributed by atoms with Gasteiger partial charge in [0.05, 0.1) is 19.8 Å². The summed E-state index contributed by atoms with van der Waals surface area (Å²) >= 11 is 0. The molecule has 6 nitrogen and oxygen atoms in total. The van der Waals surface area contributed by atoms with Crippen molar-refractivity contribution in [2.75, 3.05) is 20.3 Å². The lowest BCUT2D eigenvalue weighted by Crippen LogP contribution is -2.41. The van der Waals surface area contributed by atoms with Crippen LogP contribution in [0.1, 0.15) is 56.2 Å². The average molecular weight is 398 g/mol. The van der Waals surface area contributed by atoms with Crippen molar-refractivity contribution in [3.63, 3.8) is 0 Å². The van der Waals surface area contributed by atoms with Crippen molar-refractivity contribution in [2.45, 2.75) is 51.6 Å². The summed E-state index contributed by atoms with van der Waals surface area (Å²) < 4.78 is 11.1. The molecule has 1 aromatic carbocycles. The van der Waals surface area contributed by atoms with Crippen LogP contribution in [0.2, 0.25) is 0 Å². The van der Waals surface area contributed by atoms with Gasteiger partial charge in [-0.05, 0) is 54.7 Å². The Bertz CT molecular complexity index is 782. The highest BCUT2D eigenvalue weighted by Gasteiger charge is 2.26. The molecule has 0 radical (unpaired) electrons. The zero-order valence-electron chi connectivity index (χ0n) is 17.4. The van der Waals surface area contributed by atoms with Gasteiger partial charge in [0, 0.05) is 25.5 Å². The molecule has 1 saturated heterocycles. The number of aromatic nitrogens is 1. The molecule has 1 unspecified atom stereocenters. The second kappa shape index (κ2) is 10.7. The van der Waals surface area contributed by atoms with Gasteiger partial charge in [-0.2, -0.15) is 0 Å². The summed E-state index contributed by atoms with van der Waals surface area (Å²) in [5.41, 5.74) is 2.13. The van der Waals surface area contributed by atoms with E-state index >= 15 is 0 Å². The molecule has 29 heavy (non-hydrogen) atoms. The molecule has 156 valence electrons. The third-order valence-electron chi connectivity index (χ3n) is 5.24. The summed E-state index contributed by atoms with van der Waals surface area (Å²) in [4.78, 5) is 19.1. The minimum atomic E-state index is -0.0287. The summed E-state index contributed by atoms with van der Waals surface area (Å²) in [6.45, 7) is 3.94. The molecular weight excluding hydrogens is 366 g/mol. The zero-order chi connectivity index (χ0) is 20.5. The SMILES string of the molecule is CCCOc1ccc(CNC(=O)N2CCCCCC2c2ccncc2)cc1OC. The van der Waals surface area contributed by atoms with Gasteiger partial charge < -0.3 is 19.7 Å². The summed E-state index contributed by atoms with van der Waals surface area (Å²) in [5, 5.41) is 3.09. The second-order valence-electron chi connectivity index (χ2n) is 7.33. The summed E-state index contributed by atoms with van der Waals surface area (Å²) in [7, 11) is 1.63. The Balaban J connectivity index is 1.67. The molecule has 0 bridgehead atoms. The van der Waals surface area contributed by atoms with Crippen LogP contribution >= 0.6 is 0 Å². The van der Waals surface area contributed by atoms with Gasteiger partial charge in [-0.25, -0.2) is 4.79 Å². The van der Waals surface area contributed by atoms with E-state index in [1.54, 1.807) is 19.5 Å². The fourth-order valence-corrected chi connectivity index (χ4v) is 3.72. The van der Waals surface area contributed by atoms with E-state index < -0.39 is 0 Å². The number of carbonyl (C=O) groups is 1. The van der Waals surface area contributed by atoms with Crippen molar-refractivity contribution >= 4 is 6.03 Å². The van der Waals surface area contributed by atoms with Crippen LogP contribution in [-0.4, -0.2) is 36.2 Å². The van der Waals surface area contributed by atoms with Gasteiger partial charge in [0.1, 0.15) is 0 Å². The predicted molar refractivity (Wildman–Crippen MR) is 113 cm³/mol. The Morgan fingerprint density at radius 3 is 2.76 bits per heavy atom. The predicted octanol–water partition coefficient (Wildman–Crippen LogP) is 4.71. The number of methoxy groups -OCH3 is 1. The largest absolute Gasteiger partial charge is 0.493 e. The third kappa shape index (κ3) is 5.62. The number of rotatable bonds is 7. The Morgan fingerprint density at radius 2 is 2.00 bits per heavy atom. The van der Waals surface area contributed by atoms with Crippen molar-refractivity contribution in [3.05, 3.63) is 53.9 Å². The third-order valence-corrected chi connectivity index (χ3v) is 5.24. The van der Waals surface area contributed by atoms with Crippen LogP contribution in [0.15, 0.2) is 42.7 Å². The van der Waals surface area contributed by atoms with Crippen LogP contribution in [-0.2, 0) is 6.54 Å². The monoisotopic (exact) mass is 397 g/mol. The normalized spacial score (nSPS) is 16.8. The van der Waals surface area contributed by atoms with Crippen LogP contribution in [0.5, 0.6) is 11.5 Å². The van der Waals surface area contributed by atoms with Crippen molar-refractivity contribution in [3.8, 4) is 11.5 Å². The molecule has 2 amide bonds. The molecule has 1 aliphatic heterocycles. The number of pyridine rings is 1. The summed E-state index contributed by atoms with van der Waals surface area (Å²) in [6.07, 6.45) is 8.83. The van der Waals surface area contributed by atoms with Gasteiger partial charge in [0.25, 0.3) is 0 Å². The number of benzene rings is 1. The number of hydrogen-bond donors (Lipinski definition) is 1. The smallest absolute Gasteiger partial charge is 0.318 e. The maximum Gasteiger partial charge on any atom is 0.318 e. The number of amides is 2. The molecule has 2 aromatic rings. The highest BCUT2D eigenvalue weighted by Crippen LogP contribution is 2.30. The molecule has 1 fully saturated rings. The molecule has 0 spiro atoms.